The van der Waals surface area contributed by atoms with E-state index in [9.17, 15) is 4.79 Å². The number of allylic oxidation sites excluding steroid dienone is 2. The van der Waals surface area contributed by atoms with Crippen molar-refractivity contribution in [2.75, 3.05) is 5.75 Å². The molecule has 5 nitrogen and oxygen atoms in total. The van der Waals surface area contributed by atoms with Crippen molar-refractivity contribution < 1.29 is 4.79 Å². The van der Waals surface area contributed by atoms with Crippen LogP contribution in [-0.4, -0.2) is 21.1 Å². The molecular formula is C23H22N4OS. The van der Waals surface area contributed by atoms with Gasteiger partial charge in [0.15, 0.2) is 10.9 Å². The minimum Gasteiger partial charge on any atom is -0.401 e. The third-order valence-corrected chi connectivity index (χ3v) is 5.58. The van der Waals surface area contributed by atoms with Gasteiger partial charge >= 0.3 is 0 Å². The Kier molecular flexibility index (Phi) is 6.20. The average molecular weight is 403 g/mol. The van der Waals surface area contributed by atoms with Crippen LogP contribution in [0.25, 0.3) is 16.9 Å². The molecule has 0 aliphatic heterocycles. The van der Waals surface area contributed by atoms with Crippen LogP contribution in [0, 0.1) is 25.2 Å². The Hall–Kier alpha value is -3.30. The van der Waals surface area contributed by atoms with E-state index in [0.29, 0.717) is 5.16 Å². The van der Waals surface area contributed by atoms with Crippen molar-refractivity contribution in [1.82, 2.24) is 9.55 Å². The largest absolute Gasteiger partial charge is 0.401 e. The Balaban J connectivity index is 1.98. The summed E-state index contributed by atoms with van der Waals surface area (Å²) in [5.41, 5.74) is 11.1. The second-order valence-electron chi connectivity index (χ2n) is 6.79. The highest BCUT2D eigenvalue weighted by molar-refractivity contribution is 7.99. The molecule has 2 aromatic carbocycles. The molecule has 1 heterocycles. The maximum Gasteiger partial charge on any atom is 0.185 e. The van der Waals surface area contributed by atoms with Crippen LogP contribution >= 0.6 is 11.8 Å². The van der Waals surface area contributed by atoms with Crippen molar-refractivity contribution in [2.24, 2.45) is 5.73 Å². The first-order valence-electron chi connectivity index (χ1n) is 9.15. The van der Waals surface area contributed by atoms with Crippen LogP contribution < -0.4 is 5.73 Å². The number of carbonyl (C=O) groups is 1. The van der Waals surface area contributed by atoms with Gasteiger partial charge in [0.1, 0.15) is 11.6 Å². The summed E-state index contributed by atoms with van der Waals surface area (Å²) in [4.78, 5) is 17.2. The van der Waals surface area contributed by atoms with E-state index < -0.39 is 0 Å². The summed E-state index contributed by atoms with van der Waals surface area (Å²) in [7, 11) is 0. The number of nitrogens with two attached hydrogens (primary N) is 1. The maximum atomic E-state index is 12.4. The molecule has 1 aromatic heterocycles. The van der Waals surface area contributed by atoms with Crippen molar-refractivity contribution >= 4 is 17.5 Å². The minimum absolute atomic E-state index is 0.00435. The third kappa shape index (κ3) is 4.58. The fraction of sp³-hybridized carbons (Fsp3) is 0.174. The molecule has 6 heteroatoms. The highest BCUT2D eigenvalue weighted by Crippen LogP contribution is 2.28. The number of ketones is 1. The van der Waals surface area contributed by atoms with Crippen LogP contribution in [0.2, 0.25) is 0 Å². The molecule has 2 N–H and O–H groups in total. The van der Waals surface area contributed by atoms with Crippen LogP contribution in [0.4, 0.5) is 0 Å². The highest BCUT2D eigenvalue weighted by atomic mass is 32.2. The van der Waals surface area contributed by atoms with E-state index in [-0.39, 0.29) is 22.8 Å². The smallest absolute Gasteiger partial charge is 0.185 e. The zero-order valence-electron chi connectivity index (χ0n) is 16.6. The lowest BCUT2D eigenvalue weighted by Crippen LogP contribution is -2.10. The van der Waals surface area contributed by atoms with Crippen LogP contribution in [-0.2, 0) is 4.79 Å². The zero-order valence-corrected chi connectivity index (χ0v) is 17.5. The molecule has 0 amide bonds. The molecule has 0 saturated carbocycles. The lowest BCUT2D eigenvalue weighted by molar-refractivity contribution is -0.112. The van der Waals surface area contributed by atoms with E-state index >= 15 is 0 Å². The molecule has 29 heavy (non-hydrogen) atoms. The molecule has 0 spiro atoms. The fourth-order valence-electron chi connectivity index (χ4n) is 2.85. The van der Waals surface area contributed by atoms with Crippen molar-refractivity contribution in [3.63, 3.8) is 0 Å². The molecule has 0 aliphatic rings. The van der Waals surface area contributed by atoms with Gasteiger partial charge in [-0.25, -0.2) is 4.98 Å². The predicted octanol–water partition coefficient (Wildman–Crippen LogP) is 4.57. The van der Waals surface area contributed by atoms with Gasteiger partial charge in [0.25, 0.3) is 0 Å². The van der Waals surface area contributed by atoms with Gasteiger partial charge < -0.3 is 5.73 Å². The Morgan fingerprint density at radius 2 is 1.90 bits per heavy atom. The molecular weight excluding hydrogens is 380 g/mol. The molecule has 0 saturated heterocycles. The molecule has 0 unspecified atom stereocenters. The van der Waals surface area contributed by atoms with E-state index in [1.807, 2.05) is 53.2 Å². The topological polar surface area (TPSA) is 84.7 Å². The van der Waals surface area contributed by atoms with Crippen LogP contribution in [0.3, 0.4) is 0 Å². The summed E-state index contributed by atoms with van der Waals surface area (Å²) >= 11 is 1.30. The standard InChI is InChI=1S/C23H22N4OS/c1-15-9-10-18(11-16(15)2)21-13-27(19-7-5-4-6-8-19)23(26-21)29-14-22(28)20(12-24)17(3)25/h4-11,13H,14,25H2,1-3H3. The number of nitrogens with zero attached hydrogens (tertiary/aromatic N) is 3. The number of nitriles is 1. The lowest BCUT2D eigenvalue weighted by atomic mass is 10.0. The maximum absolute atomic E-state index is 12.4. The Bertz CT molecular complexity index is 1120. The number of hydrogen-bond donors (Lipinski definition) is 1. The van der Waals surface area contributed by atoms with E-state index in [2.05, 4.69) is 26.0 Å². The summed E-state index contributed by atoms with van der Waals surface area (Å²) in [5, 5.41) is 9.84. The average Bonchev–Trinajstić information content (AvgIpc) is 3.13. The second kappa shape index (κ2) is 8.80. The zero-order chi connectivity index (χ0) is 21.0. The number of thioether (sulfide) groups is 1. The van der Waals surface area contributed by atoms with Crippen molar-refractivity contribution in [3.05, 3.63) is 77.1 Å². The Morgan fingerprint density at radius 3 is 2.52 bits per heavy atom. The van der Waals surface area contributed by atoms with E-state index in [4.69, 9.17) is 16.0 Å². The van der Waals surface area contributed by atoms with Gasteiger partial charge in [0.2, 0.25) is 0 Å². The number of rotatable bonds is 6. The quantitative estimate of drug-likeness (QED) is 0.371. The molecule has 3 rings (SSSR count). The molecule has 0 fully saturated rings. The van der Waals surface area contributed by atoms with Gasteiger partial charge in [-0.1, -0.05) is 42.1 Å². The normalized spacial score (nSPS) is 11.7. The molecule has 0 bridgehead atoms. The SMILES string of the molecule is CC(N)=C(C#N)C(=O)CSc1nc(-c2ccc(C)c(C)c2)cn1-c1ccccc1. The second-order valence-corrected chi connectivity index (χ2v) is 7.74. The summed E-state index contributed by atoms with van der Waals surface area (Å²) in [5.74, 6) is -0.207. The van der Waals surface area contributed by atoms with E-state index in [1.165, 1.54) is 22.9 Å². The number of hydrogen-bond acceptors (Lipinski definition) is 5. The van der Waals surface area contributed by atoms with Crippen LogP contribution in [0.1, 0.15) is 18.1 Å². The van der Waals surface area contributed by atoms with Gasteiger partial charge in [-0.15, -0.1) is 0 Å². The summed E-state index contributed by atoms with van der Waals surface area (Å²) in [6.45, 7) is 5.71. The van der Waals surface area contributed by atoms with Gasteiger partial charge in [-0.3, -0.25) is 9.36 Å². The van der Waals surface area contributed by atoms with E-state index in [0.717, 1.165) is 16.9 Å². The molecule has 3 aromatic rings. The Labute approximate surface area is 174 Å². The molecule has 0 atom stereocenters. The van der Waals surface area contributed by atoms with Crippen molar-refractivity contribution in [1.29, 1.82) is 5.26 Å². The highest BCUT2D eigenvalue weighted by Gasteiger charge is 2.17. The number of aromatic nitrogens is 2. The molecule has 0 radical (unpaired) electrons. The van der Waals surface area contributed by atoms with Crippen LogP contribution in [0.15, 0.2) is 71.2 Å². The van der Waals surface area contributed by atoms with Gasteiger partial charge in [-0.2, -0.15) is 5.26 Å². The molecule has 146 valence electrons. The fourth-order valence-corrected chi connectivity index (χ4v) is 3.72. The van der Waals surface area contributed by atoms with Gasteiger partial charge in [0, 0.05) is 23.1 Å². The minimum atomic E-state index is -0.298. The number of imidazole rings is 1. The number of para-hydroxylation sites is 1. The first-order chi connectivity index (χ1) is 13.9. The van der Waals surface area contributed by atoms with Crippen molar-refractivity contribution in [3.8, 4) is 23.0 Å². The number of Topliss-reactive ketones (excluding diaryl/α,β-unsaturated/α-hetero) is 1. The van der Waals surface area contributed by atoms with Gasteiger partial charge in [-0.05, 0) is 50.1 Å². The summed E-state index contributed by atoms with van der Waals surface area (Å²) in [6, 6.07) is 18.0. The van der Waals surface area contributed by atoms with Crippen molar-refractivity contribution in [2.45, 2.75) is 25.9 Å². The number of carbonyl (C=O) groups excluding carboxylic acids is 1. The summed E-state index contributed by atoms with van der Waals surface area (Å²) < 4.78 is 1.97. The van der Waals surface area contributed by atoms with Gasteiger partial charge in [0.05, 0.1) is 11.4 Å². The number of aryl methyl sites for hydroxylation is 2. The lowest BCUT2D eigenvalue weighted by Gasteiger charge is -2.06. The Morgan fingerprint density at radius 1 is 1.17 bits per heavy atom. The predicted molar refractivity (Wildman–Crippen MR) is 117 cm³/mol. The molecule has 0 aliphatic carbocycles. The van der Waals surface area contributed by atoms with E-state index in [1.54, 1.807) is 6.92 Å². The van der Waals surface area contributed by atoms with Crippen LogP contribution in [0.5, 0.6) is 0 Å². The first-order valence-corrected chi connectivity index (χ1v) is 10.1. The number of benzene rings is 2. The first kappa shape index (κ1) is 20.4. The summed E-state index contributed by atoms with van der Waals surface area (Å²) in [6.07, 6.45) is 1.97. The third-order valence-electron chi connectivity index (χ3n) is 4.63. The monoisotopic (exact) mass is 402 g/mol.